The fourth-order valence-corrected chi connectivity index (χ4v) is 2.64. The highest BCUT2D eigenvalue weighted by Crippen LogP contribution is 2.27. The summed E-state index contributed by atoms with van der Waals surface area (Å²) in [4.78, 5) is 20.8. The lowest BCUT2D eigenvalue weighted by atomic mass is 10.1. The van der Waals surface area contributed by atoms with Crippen LogP contribution < -0.4 is 15.5 Å². The Balaban J connectivity index is 2.43. The van der Waals surface area contributed by atoms with Crippen LogP contribution in [0.4, 0.5) is 11.5 Å². The van der Waals surface area contributed by atoms with E-state index in [1.54, 1.807) is 4.57 Å². The first kappa shape index (κ1) is 15.1. The molecule has 23 heavy (non-hydrogen) atoms. The zero-order valence-electron chi connectivity index (χ0n) is 13.8. The molecule has 2 aromatic carbocycles. The van der Waals surface area contributed by atoms with Crippen molar-refractivity contribution in [1.29, 1.82) is 0 Å². The van der Waals surface area contributed by atoms with Gasteiger partial charge in [-0.2, -0.15) is 4.98 Å². The molecule has 1 aromatic heterocycles. The zero-order chi connectivity index (χ0) is 16.6. The number of aromatic nitrogens is 2. The highest BCUT2D eigenvalue weighted by Gasteiger charge is 2.14. The molecule has 0 saturated heterocycles. The van der Waals surface area contributed by atoms with Gasteiger partial charge in [-0.1, -0.05) is 18.2 Å². The van der Waals surface area contributed by atoms with Gasteiger partial charge < -0.3 is 9.80 Å². The van der Waals surface area contributed by atoms with Crippen LogP contribution in [0.3, 0.4) is 0 Å². The number of fused-ring (bicyclic) bond motifs is 1. The number of hydrogen-bond donors (Lipinski definition) is 0. The van der Waals surface area contributed by atoms with Gasteiger partial charge in [-0.15, -0.1) is 0 Å². The van der Waals surface area contributed by atoms with Crippen LogP contribution in [0.15, 0.2) is 53.3 Å². The fraction of sp³-hybridized carbons (Fsp3) is 0.222. The smallest absolute Gasteiger partial charge is 0.354 e. The van der Waals surface area contributed by atoms with E-state index in [9.17, 15) is 4.79 Å². The van der Waals surface area contributed by atoms with Gasteiger partial charge in [0.15, 0.2) is 0 Å². The van der Waals surface area contributed by atoms with E-state index in [2.05, 4.69) is 4.98 Å². The Labute approximate surface area is 135 Å². The minimum atomic E-state index is -0.275. The van der Waals surface area contributed by atoms with Gasteiger partial charge in [0.1, 0.15) is 5.82 Å². The minimum Gasteiger partial charge on any atom is -0.378 e. The number of benzene rings is 2. The number of para-hydroxylation sites is 1. The molecule has 118 valence electrons. The van der Waals surface area contributed by atoms with Gasteiger partial charge in [0.2, 0.25) is 0 Å². The molecular weight excluding hydrogens is 288 g/mol. The first-order valence-corrected chi connectivity index (χ1v) is 7.46. The number of nitrogens with zero attached hydrogens (tertiary/aromatic N) is 4. The van der Waals surface area contributed by atoms with Crippen molar-refractivity contribution >= 4 is 22.4 Å². The molecule has 0 N–H and O–H groups in total. The summed E-state index contributed by atoms with van der Waals surface area (Å²) < 4.78 is 1.66. The van der Waals surface area contributed by atoms with E-state index in [-0.39, 0.29) is 5.69 Å². The van der Waals surface area contributed by atoms with Gasteiger partial charge in [-0.05, 0) is 30.3 Å². The average molecular weight is 308 g/mol. The molecule has 5 heteroatoms. The first-order valence-electron chi connectivity index (χ1n) is 7.46. The highest BCUT2D eigenvalue weighted by molar-refractivity contribution is 5.92. The Morgan fingerprint density at radius 2 is 1.61 bits per heavy atom. The van der Waals surface area contributed by atoms with Crippen LogP contribution in [0.5, 0.6) is 0 Å². The summed E-state index contributed by atoms with van der Waals surface area (Å²) in [6, 6.07) is 15.7. The molecule has 1 heterocycles. The quantitative estimate of drug-likeness (QED) is 0.745. The van der Waals surface area contributed by atoms with E-state index in [1.807, 2.05) is 86.5 Å². The van der Waals surface area contributed by atoms with Gasteiger partial charge in [-0.3, -0.25) is 4.57 Å². The summed E-state index contributed by atoms with van der Waals surface area (Å²) in [7, 11) is 7.77. The zero-order valence-corrected chi connectivity index (χ0v) is 13.8. The normalized spacial score (nSPS) is 10.8. The van der Waals surface area contributed by atoms with Crippen LogP contribution in [-0.4, -0.2) is 37.7 Å². The van der Waals surface area contributed by atoms with Crippen LogP contribution in [0.1, 0.15) is 0 Å². The van der Waals surface area contributed by atoms with Crippen LogP contribution >= 0.6 is 0 Å². The Bertz CT molecular complexity index is 898. The molecule has 0 unspecified atom stereocenters. The Hall–Kier alpha value is -2.82. The van der Waals surface area contributed by atoms with Crippen molar-refractivity contribution in [3.63, 3.8) is 0 Å². The third-order valence-corrected chi connectivity index (χ3v) is 3.81. The monoisotopic (exact) mass is 308 g/mol. The minimum absolute atomic E-state index is 0.275. The maximum atomic E-state index is 12.7. The van der Waals surface area contributed by atoms with E-state index < -0.39 is 0 Å². The molecule has 3 aromatic rings. The van der Waals surface area contributed by atoms with Gasteiger partial charge in [-0.25, -0.2) is 4.79 Å². The van der Waals surface area contributed by atoms with Gasteiger partial charge in [0.25, 0.3) is 0 Å². The molecule has 0 saturated carbocycles. The Morgan fingerprint density at radius 1 is 0.913 bits per heavy atom. The third-order valence-electron chi connectivity index (χ3n) is 3.81. The summed E-state index contributed by atoms with van der Waals surface area (Å²) in [6.07, 6.45) is 0. The summed E-state index contributed by atoms with van der Waals surface area (Å²) in [5, 5.41) is 0.948. The summed E-state index contributed by atoms with van der Waals surface area (Å²) in [5.74, 6) is 0.683. The van der Waals surface area contributed by atoms with E-state index in [4.69, 9.17) is 0 Å². The molecular formula is C18H20N4O. The standard InChI is InChI=1S/C18H20N4O/c1-20(2)14-10-11-15-16(12-14)22(13-8-6-5-7-9-13)18(23)19-17(15)21(3)4/h5-12H,1-4H3. The molecule has 0 radical (unpaired) electrons. The maximum Gasteiger partial charge on any atom is 0.354 e. The van der Waals surface area contributed by atoms with Gasteiger partial charge >= 0.3 is 5.69 Å². The molecule has 0 atom stereocenters. The second kappa shape index (κ2) is 5.76. The number of anilines is 2. The molecule has 0 spiro atoms. The first-order chi connectivity index (χ1) is 11.0. The average Bonchev–Trinajstić information content (AvgIpc) is 2.54. The molecule has 0 aliphatic carbocycles. The van der Waals surface area contributed by atoms with Crippen LogP contribution in [0.2, 0.25) is 0 Å². The second-order valence-electron chi connectivity index (χ2n) is 5.88. The lowest BCUT2D eigenvalue weighted by Gasteiger charge is -2.19. The summed E-state index contributed by atoms with van der Waals surface area (Å²) in [6.45, 7) is 0. The SMILES string of the molecule is CN(C)c1ccc2c(N(C)C)nc(=O)n(-c3ccccc3)c2c1. The van der Waals surface area contributed by atoms with Crippen molar-refractivity contribution in [3.8, 4) is 5.69 Å². The highest BCUT2D eigenvalue weighted by atomic mass is 16.1. The summed E-state index contributed by atoms with van der Waals surface area (Å²) >= 11 is 0. The van der Waals surface area contributed by atoms with Crippen molar-refractivity contribution in [2.24, 2.45) is 0 Å². The molecule has 0 aliphatic rings. The molecule has 0 amide bonds. The maximum absolute atomic E-state index is 12.7. The van der Waals surface area contributed by atoms with Gasteiger partial charge in [0.05, 0.1) is 11.2 Å². The number of rotatable bonds is 3. The number of hydrogen-bond acceptors (Lipinski definition) is 4. The fourth-order valence-electron chi connectivity index (χ4n) is 2.64. The van der Waals surface area contributed by atoms with E-state index >= 15 is 0 Å². The van der Waals surface area contributed by atoms with E-state index in [0.717, 1.165) is 22.3 Å². The Kier molecular flexibility index (Phi) is 3.78. The largest absolute Gasteiger partial charge is 0.378 e. The van der Waals surface area contributed by atoms with Gasteiger partial charge in [0, 0.05) is 39.3 Å². The molecule has 0 bridgehead atoms. The molecule has 5 nitrogen and oxygen atoms in total. The van der Waals surface area contributed by atoms with Crippen LogP contribution in [-0.2, 0) is 0 Å². The van der Waals surface area contributed by atoms with E-state index in [1.165, 1.54) is 0 Å². The molecule has 0 fully saturated rings. The lowest BCUT2D eigenvalue weighted by molar-refractivity contribution is 0.935. The Morgan fingerprint density at radius 3 is 2.22 bits per heavy atom. The van der Waals surface area contributed by atoms with Crippen molar-refractivity contribution in [3.05, 3.63) is 59.0 Å². The third kappa shape index (κ3) is 2.65. The van der Waals surface area contributed by atoms with Crippen molar-refractivity contribution < 1.29 is 0 Å². The molecule has 3 rings (SSSR count). The van der Waals surface area contributed by atoms with Crippen molar-refractivity contribution in [2.75, 3.05) is 38.0 Å². The van der Waals surface area contributed by atoms with Crippen molar-refractivity contribution in [1.82, 2.24) is 9.55 Å². The summed E-state index contributed by atoms with van der Waals surface area (Å²) in [5.41, 5.74) is 2.43. The van der Waals surface area contributed by atoms with E-state index in [0.29, 0.717) is 5.82 Å². The lowest BCUT2D eigenvalue weighted by Crippen LogP contribution is -2.26. The van der Waals surface area contributed by atoms with Crippen LogP contribution in [0, 0.1) is 0 Å². The predicted molar refractivity (Wildman–Crippen MR) is 96.0 cm³/mol. The topological polar surface area (TPSA) is 41.4 Å². The van der Waals surface area contributed by atoms with Crippen molar-refractivity contribution in [2.45, 2.75) is 0 Å². The molecule has 0 aliphatic heterocycles. The van der Waals surface area contributed by atoms with Crippen LogP contribution in [0.25, 0.3) is 16.6 Å². The second-order valence-corrected chi connectivity index (χ2v) is 5.88. The predicted octanol–water partition coefficient (Wildman–Crippen LogP) is 2.52.